The number of phenols is 2. The number of urea groups is 2. The maximum absolute atomic E-state index is 12.6. The highest BCUT2D eigenvalue weighted by molar-refractivity contribution is 7.88. The molecule has 2 fully saturated rings. The highest BCUT2D eigenvalue weighted by Gasteiger charge is 2.45. The molecule has 4 rings (SSSR count). The molecule has 3 aliphatic rings. The van der Waals surface area contributed by atoms with Crippen LogP contribution >= 0.6 is 0 Å². The van der Waals surface area contributed by atoms with E-state index in [1.807, 2.05) is 5.32 Å². The lowest BCUT2D eigenvalue weighted by atomic mass is 9.95. The third-order valence-corrected chi connectivity index (χ3v) is 6.89. The van der Waals surface area contributed by atoms with Gasteiger partial charge < -0.3 is 20.6 Å². The molecule has 1 aromatic rings. The second kappa shape index (κ2) is 8.87. The molecule has 3 aliphatic heterocycles. The van der Waals surface area contributed by atoms with E-state index in [9.17, 15) is 42.6 Å². The quantitative estimate of drug-likeness (QED) is 0.186. The Morgan fingerprint density at radius 2 is 1.78 bits per heavy atom. The number of likely N-dealkylation sites (tertiary alicyclic amines) is 1. The third-order valence-electron chi connectivity index (χ3n) is 5.54. The summed E-state index contributed by atoms with van der Waals surface area (Å²) in [4.78, 5) is 64.2. The number of amides is 7. The number of carbonyl (C=O) groups excluding carboxylic acids is 4. The van der Waals surface area contributed by atoms with Crippen molar-refractivity contribution >= 4 is 52.1 Å². The number of benzene rings is 1. The lowest BCUT2D eigenvalue weighted by Gasteiger charge is -2.36. The van der Waals surface area contributed by atoms with Crippen LogP contribution in [0.25, 0.3) is 0 Å². The van der Waals surface area contributed by atoms with Gasteiger partial charge in [0, 0.05) is 12.3 Å². The number of nitrogens with zero attached hydrogens (tertiary/aromatic N) is 4. The van der Waals surface area contributed by atoms with Gasteiger partial charge in [-0.15, -0.1) is 0 Å². The number of β-lactam (4-membered cyclic amide) rings is 1. The molecule has 36 heavy (non-hydrogen) atoms. The molecular weight excluding hydrogens is 506 g/mol. The lowest BCUT2D eigenvalue weighted by Crippen LogP contribution is -2.67. The third kappa shape index (κ3) is 4.52. The molecule has 6 N–H and O–H groups in total. The SMILES string of the molecule is O=C(O)NC1CN(C(=O)NS(=O)(=O)N2CCN(NC(=O)C3C=Nc4cc(O)c(O)cc4C3)C2=O)C1=O. The number of carboxylic acid groups (broad SMARTS) is 1. The molecule has 1 aromatic carbocycles. The minimum atomic E-state index is -4.75. The fourth-order valence-corrected chi connectivity index (χ4v) is 4.73. The highest BCUT2D eigenvalue weighted by Crippen LogP contribution is 2.36. The van der Waals surface area contributed by atoms with Crippen LogP contribution in [0.15, 0.2) is 17.1 Å². The average molecular weight is 525 g/mol. The minimum Gasteiger partial charge on any atom is -0.504 e. The highest BCUT2D eigenvalue weighted by atomic mass is 32.2. The lowest BCUT2D eigenvalue weighted by molar-refractivity contribution is -0.139. The number of hydrazine groups is 1. The van der Waals surface area contributed by atoms with Gasteiger partial charge in [0.05, 0.1) is 31.2 Å². The van der Waals surface area contributed by atoms with Crippen LogP contribution < -0.4 is 15.5 Å². The summed E-state index contributed by atoms with van der Waals surface area (Å²) in [6, 6.07) is -1.25. The number of imide groups is 1. The number of aromatic hydroxyl groups is 2. The van der Waals surface area contributed by atoms with Gasteiger partial charge in [0.2, 0.25) is 5.91 Å². The van der Waals surface area contributed by atoms with Crippen molar-refractivity contribution in [1.82, 2.24) is 29.7 Å². The molecule has 0 aromatic heterocycles. The van der Waals surface area contributed by atoms with Gasteiger partial charge in [-0.3, -0.25) is 24.9 Å². The fourth-order valence-electron chi connectivity index (χ4n) is 3.66. The number of fused-ring (bicyclic) bond motifs is 1. The molecule has 0 spiro atoms. The summed E-state index contributed by atoms with van der Waals surface area (Å²) < 4.78 is 26.9. The Kier molecular flexibility index (Phi) is 6.04. The Morgan fingerprint density at radius 3 is 2.44 bits per heavy atom. The van der Waals surface area contributed by atoms with Crippen molar-refractivity contribution in [2.75, 3.05) is 19.6 Å². The minimum absolute atomic E-state index is 0.0835. The largest absolute Gasteiger partial charge is 0.504 e. The fraction of sp³-hybridized carbons (Fsp3) is 0.333. The molecule has 2 atom stereocenters. The zero-order valence-electron chi connectivity index (χ0n) is 18.1. The van der Waals surface area contributed by atoms with Crippen molar-refractivity contribution in [2.45, 2.75) is 12.5 Å². The molecule has 3 heterocycles. The van der Waals surface area contributed by atoms with Gasteiger partial charge in [0.15, 0.2) is 11.5 Å². The number of hydrogen-bond acceptors (Lipinski definition) is 10. The monoisotopic (exact) mass is 525 g/mol. The molecule has 0 aliphatic carbocycles. The second-order valence-electron chi connectivity index (χ2n) is 7.90. The van der Waals surface area contributed by atoms with Gasteiger partial charge in [0.1, 0.15) is 6.04 Å². The van der Waals surface area contributed by atoms with Crippen LogP contribution in [0.4, 0.5) is 20.1 Å². The first-order chi connectivity index (χ1) is 16.9. The molecule has 2 unspecified atom stereocenters. The smallest absolute Gasteiger partial charge is 0.405 e. The number of hydrogen-bond donors (Lipinski definition) is 6. The van der Waals surface area contributed by atoms with E-state index in [0.29, 0.717) is 16.2 Å². The maximum atomic E-state index is 12.6. The number of aliphatic imine (C=N–C) groups is 1. The predicted octanol–water partition coefficient (Wildman–Crippen LogP) is -1.83. The summed E-state index contributed by atoms with van der Waals surface area (Å²) in [6.45, 7) is -1.07. The molecule has 17 nitrogen and oxygen atoms in total. The van der Waals surface area contributed by atoms with Gasteiger partial charge in [-0.2, -0.15) is 8.42 Å². The zero-order chi connectivity index (χ0) is 26.4. The van der Waals surface area contributed by atoms with E-state index in [0.717, 1.165) is 5.01 Å². The first-order valence-electron chi connectivity index (χ1n) is 10.2. The van der Waals surface area contributed by atoms with Crippen LogP contribution in [0, 0.1) is 5.92 Å². The summed E-state index contributed by atoms with van der Waals surface area (Å²) in [6.07, 6.45) is -0.132. The average Bonchev–Trinajstić information content (AvgIpc) is 3.16. The van der Waals surface area contributed by atoms with E-state index in [1.54, 1.807) is 4.72 Å². The standard InChI is InChI=1S/C18H19N7O10S/c26-12-4-8-3-9(6-19-10(8)5-13(12)27)14(28)21-24-1-2-25(18(24)33)36(34,35)22-16(30)23-7-11(15(23)29)20-17(31)32/h4-6,9,11,20,26-27H,1-3,7H2,(H,21,28)(H,22,30)(H,31,32). The van der Waals surface area contributed by atoms with Crippen molar-refractivity contribution in [3.63, 3.8) is 0 Å². The van der Waals surface area contributed by atoms with Gasteiger partial charge >= 0.3 is 28.4 Å². The molecule has 0 saturated carbocycles. The van der Waals surface area contributed by atoms with Crippen molar-refractivity contribution < 1.29 is 47.7 Å². The van der Waals surface area contributed by atoms with Crippen molar-refractivity contribution in [2.24, 2.45) is 10.9 Å². The van der Waals surface area contributed by atoms with Gasteiger partial charge in [0.25, 0.3) is 5.91 Å². The predicted molar refractivity (Wildman–Crippen MR) is 116 cm³/mol. The van der Waals surface area contributed by atoms with Gasteiger partial charge in [-0.05, 0) is 18.1 Å². The molecule has 18 heteroatoms. The Bertz CT molecular complexity index is 1310. The van der Waals surface area contributed by atoms with Crippen molar-refractivity contribution in [3.05, 3.63) is 17.7 Å². The van der Waals surface area contributed by atoms with E-state index in [1.165, 1.54) is 18.3 Å². The van der Waals surface area contributed by atoms with E-state index in [4.69, 9.17) is 5.11 Å². The first kappa shape index (κ1) is 24.5. The van der Waals surface area contributed by atoms with Crippen LogP contribution in [0.1, 0.15) is 5.56 Å². The summed E-state index contributed by atoms with van der Waals surface area (Å²) in [5.74, 6) is -3.30. The van der Waals surface area contributed by atoms with Crippen LogP contribution in [-0.4, -0.2) is 99.8 Å². The summed E-state index contributed by atoms with van der Waals surface area (Å²) in [5, 5.41) is 30.4. The Labute approximate surface area is 202 Å². The first-order valence-corrected chi connectivity index (χ1v) is 11.7. The Balaban J connectivity index is 1.34. The molecular formula is C18H19N7O10S. The maximum Gasteiger partial charge on any atom is 0.405 e. The van der Waals surface area contributed by atoms with Crippen LogP contribution in [0.5, 0.6) is 11.5 Å². The number of carbonyl (C=O) groups is 5. The summed E-state index contributed by atoms with van der Waals surface area (Å²) in [7, 11) is -4.75. The normalized spacial score (nSPS) is 21.1. The van der Waals surface area contributed by atoms with Crippen LogP contribution in [0.3, 0.4) is 0 Å². The number of phenolic OH excluding ortho intramolecular Hbond substituents is 2. The summed E-state index contributed by atoms with van der Waals surface area (Å²) >= 11 is 0. The van der Waals surface area contributed by atoms with E-state index < -0.39 is 71.0 Å². The van der Waals surface area contributed by atoms with E-state index in [-0.39, 0.29) is 23.0 Å². The van der Waals surface area contributed by atoms with E-state index in [2.05, 4.69) is 10.4 Å². The molecule has 192 valence electrons. The molecule has 0 radical (unpaired) electrons. The van der Waals surface area contributed by atoms with Crippen molar-refractivity contribution in [3.8, 4) is 11.5 Å². The Hall–Kier alpha value is -4.61. The Morgan fingerprint density at radius 1 is 1.08 bits per heavy atom. The topological polar surface area (TPSA) is 238 Å². The van der Waals surface area contributed by atoms with Gasteiger partial charge in [-0.1, -0.05) is 0 Å². The summed E-state index contributed by atoms with van der Waals surface area (Å²) in [5.41, 5.74) is 3.10. The zero-order valence-corrected chi connectivity index (χ0v) is 18.9. The van der Waals surface area contributed by atoms with Crippen molar-refractivity contribution in [1.29, 1.82) is 0 Å². The van der Waals surface area contributed by atoms with E-state index >= 15 is 0 Å². The molecule has 7 amide bonds. The molecule has 0 bridgehead atoms. The van der Waals surface area contributed by atoms with Crippen LogP contribution in [-0.2, 0) is 26.2 Å². The number of nitrogens with one attached hydrogen (secondary N) is 3. The van der Waals surface area contributed by atoms with Gasteiger partial charge in [-0.25, -0.2) is 28.4 Å². The number of rotatable bonds is 5. The van der Waals surface area contributed by atoms with Crippen LogP contribution in [0.2, 0.25) is 0 Å². The molecule has 2 saturated heterocycles. The second-order valence-corrected chi connectivity index (χ2v) is 9.50.